The van der Waals surface area contributed by atoms with Crippen molar-refractivity contribution in [3.05, 3.63) is 0 Å². The number of esters is 2. The van der Waals surface area contributed by atoms with E-state index in [-0.39, 0.29) is 37.9 Å². The maximum absolute atomic E-state index is 10.2. The zero-order chi connectivity index (χ0) is 7.28. The molecule has 0 aliphatic carbocycles. The highest BCUT2D eigenvalue weighted by Gasteiger charge is 2.04. The quantitative estimate of drug-likeness (QED) is 0.436. The first-order valence-corrected chi connectivity index (χ1v) is 2.34. The molecule has 0 amide bonds. The molecule has 68 valence electrons. The summed E-state index contributed by atoms with van der Waals surface area (Å²) in [5.74, 6) is -1.52. The molecule has 0 unspecified atom stereocenters. The third kappa shape index (κ3) is 9.64. The molecule has 0 bridgehead atoms. The second kappa shape index (κ2) is 9.64. The molecule has 0 aromatic carbocycles. The molecule has 0 heterocycles. The molecule has 0 spiro atoms. The molecule has 0 aromatic heterocycles. The average molecular weight is 205 g/mol. The van der Waals surface area contributed by atoms with Gasteiger partial charge in [-0.2, -0.15) is 0 Å². The van der Waals surface area contributed by atoms with E-state index in [1.807, 2.05) is 0 Å². The SMILES string of the molecule is Cl.Cl.NCC(=O)OC(=O)CN. The average Bonchev–Trinajstić information content (AvgIpc) is 1.87. The van der Waals surface area contributed by atoms with E-state index in [0.29, 0.717) is 0 Å². The molecule has 0 atom stereocenters. The summed E-state index contributed by atoms with van der Waals surface area (Å²) in [5, 5.41) is 0. The maximum atomic E-state index is 10.2. The Bertz CT molecular complexity index is 117. The van der Waals surface area contributed by atoms with Crippen molar-refractivity contribution in [2.45, 2.75) is 0 Å². The van der Waals surface area contributed by atoms with Crippen molar-refractivity contribution in [2.24, 2.45) is 11.5 Å². The van der Waals surface area contributed by atoms with E-state index < -0.39 is 11.9 Å². The van der Waals surface area contributed by atoms with E-state index in [9.17, 15) is 9.59 Å². The van der Waals surface area contributed by atoms with Crippen molar-refractivity contribution in [1.82, 2.24) is 0 Å². The predicted octanol–water partition coefficient (Wildman–Crippen LogP) is -1.18. The minimum absolute atomic E-state index is 0. The van der Waals surface area contributed by atoms with E-state index >= 15 is 0 Å². The molecule has 5 nitrogen and oxygen atoms in total. The third-order valence-electron chi connectivity index (χ3n) is 0.561. The normalized spacial score (nSPS) is 7.09. The minimum Gasteiger partial charge on any atom is -0.391 e. The number of carbonyl (C=O) groups is 2. The van der Waals surface area contributed by atoms with Crippen LogP contribution in [0.15, 0.2) is 0 Å². The molecule has 0 fully saturated rings. The predicted molar refractivity (Wildman–Crippen MR) is 43.7 cm³/mol. The molecule has 0 rings (SSSR count). The molecule has 0 aliphatic heterocycles. The Hall–Kier alpha value is -0.360. The lowest BCUT2D eigenvalue weighted by molar-refractivity contribution is -0.157. The molecular weight excluding hydrogens is 195 g/mol. The van der Waals surface area contributed by atoms with Crippen molar-refractivity contribution in [3.8, 4) is 0 Å². The summed E-state index contributed by atoms with van der Waals surface area (Å²) in [7, 11) is 0. The van der Waals surface area contributed by atoms with E-state index in [4.69, 9.17) is 11.5 Å². The number of nitrogens with two attached hydrogens (primary N) is 2. The second-order valence-electron chi connectivity index (χ2n) is 1.25. The zero-order valence-corrected chi connectivity index (χ0v) is 7.24. The lowest BCUT2D eigenvalue weighted by Gasteiger charge is -1.95. The van der Waals surface area contributed by atoms with Gasteiger partial charge in [-0.3, -0.25) is 9.59 Å². The molecule has 0 saturated heterocycles. The molecule has 11 heavy (non-hydrogen) atoms. The maximum Gasteiger partial charge on any atom is 0.327 e. The van der Waals surface area contributed by atoms with Crippen LogP contribution in [-0.4, -0.2) is 25.0 Å². The van der Waals surface area contributed by atoms with Gasteiger partial charge in [0.25, 0.3) is 0 Å². The summed E-state index contributed by atoms with van der Waals surface area (Å²) in [4.78, 5) is 20.3. The summed E-state index contributed by atoms with van der Waals surface area (Å²) in [6.07, 6.45) is 0. The van der Waals surface area contributed by atoms with Gasteiger partial charge in [-0.15, -0.1) is 24.8 Å². The summed E-state index contributed by atoms with van der Waals surface area (Å²) < 4.78 is 4.02. The molecule has 0 radical (unpaired) electrons. The van der Waals surface area contributed by atoms with Crippen molar-refractivity contribution in [3.63, 3.8) is 0 Å². The van der Waals surface area contributed by atoms with Crippen molar-refractivity contribution < 1.29 is 14.3 Å². The van der Waals surface area contributed by atoms with Crippen molar-refractivity contribution in [2.75, 3.05) is 13.1 Å². The van der Waals surface area contributed by atoms with Gasteiger partial charge in [-0.05, 0) is 0 Å². The fraction of sp³-hybridized carbons (Fsp3) is 0.500. The van der Waals surface area contributed by atoms with Gasteiger partial charge in [0, 0.05) is 0 Å². The number of ether oxygens (including phenoxy) is 1. The van der Waals surface area contributed by atoms with Crippen LogP contribution in [0.4, 0.5) is 0 Å². The van der Waals surface area contributed by atoms with Crippen LogP contribution in [0, 0.1) is 0 Å². The van der Waals surface area contributed by atoms with Gasteiger partial charge >= 0.3 is 11.9 Å². The van der Waals surface area contributed by atoms with E-state index in [1.54, 1.807) is 0 Å². The molecule has 0 aromatic rings. The third-order valence-corrected chi connectivity index (χ3v) is 0.561. The number of carbonyl (C=O) groups excluding carboxylic acids is 2. The number of hydrogen-bond donors (Lipinski definition) is 2. The summed E-state index contributed by atoms with van der Waals surface area (Å²) in [6.45, 7) is -0.600. The Kier molecular flexibility index (Phi) is 14.8. The minimum atomic E-state index is -0.759. The highest BCUT2D eigenvalue weighted by Crippen LogP contribution is 1.74. The van der Waals surface area contributed by atoms with E-state index in [1.165, 1.54) is 0 Å². The molecule has 7 heteroatoms. The van der Waals surface area contributed by atoms with E-state index in [2.05, 4.69) is 4.74 Å². The van der Waals surface area contributed by atoms with Crippen LogP contribution < -0.4 is 11.5 Å². The standard InChI is InChI=1S/C4H8N2O3.2ClH/c5-1-3(7)9-4(8)2-6;;/h1-2,5-6H2;2*1H. The Labute approximate surface area is 76.3 Å². The van der Waals surface area contributed by atoms with Crippen LogP contribution in [0.2, 0.25) is 0 Å². The lowest BCUT2D eigenvalue weighted by Crippen LogP contribution is -2.25. The van der Waals surface area contributed by atoms with Crippen LogP contribution in [-0.2, 0) is 14.3 Å². The first kappa shape index (κ1) is 16.9. The zero-order valence-electron chi connectivity index (χ0n) is 5.61. The van der Waals surface area contributed by atoms with Gasteiger partial charge < -0.3 is 16.2 Å². The largest absolute Gasteiger partial charge is 0.391 e. The van der Waals surface area contributed by atoms with Gasteiger partial charge in [-0.1, -0.05) is 0 Å². The monoisotopic (exact) mass is 204 g/mol. The van der Waals surface area contributed by atoms with Gasteiger partial charge in [-0.25, -0.2) is 0 Å². The fourth-order valence-corrected chi connectivity index (χ4v) is 0.210. The molecule has 4 N–H and O–H groups in total. The van der Waals surface area contributed by atoms with Gasteiger partial charge in [0.1, 0.15) is 0 Å². The molecular formula is C4H10Cl2N2O3. The van der Waals surface area contributed by atoms with Gasteiger partial charge in [0.2, 0.25) is 0 Å². The first-order chi connectivity index (χ1) is 4.20. The lowest BCUT2D eigenvalue weighted by atomic mass is 10.6. The van der Waals surface area contributed by atoms with Crippen LogP contribution in [0.25, 0.3) is 0 Å². The van der Waals surface area contributed by atoms with Crippen molar-refractivity contribution in [1.29, 1.82) is 0 Å². The van der Waals surface area contributed by atoms with Crippen molar-refractivity contribution >= 4 is 36.8 Å². The summed E-state index contributed by atoms with van der Waals surface area (Å²) >= 11 is 0. The summed E-state index contributed by atoms with van der Waals surface area (Å²) in [6, 6.07) is 0. The molecule has 0 aliphatic rings. The van der Waals surface area contributed by atoms with Gasteiger partial charge in [0.15, 0.2) is 0 Å². The first-order valence-electron chi connectivity index (χ1n) is 2.34. The number of hydrogen-bond acceptors (Lipinski definition) is 5. The Morgan fingerprint density at radius 2 is 1.27 bits per heavy atom. The topological polar surface area (TPSA) is 95.4 Å². The van der Waals surface area contributed by atoms with Crippen LogP contribution in [0.1, 0.15) is 0 Å². The highest BCUT2D eigenvalue weighted by molar-refractivity contribution is 5.87. The van der Waals surface area contributed by atoms with Crippen LogP contribution in [0.3, 0.4) is 0 Å². The Balaban J connectivity index is -0.000000320. The summed E-state index contributed by atoms with van der Waals surface area (Å²) in [5.41, 5.74) is 9.61. The number of rotatable bonds is 2. The van der Waals surface area contributed by atoms with Crippen LogP contribution >= 0.6 is 24.8 Å². The van der Waals surface area contributed by atoms with E-state index in [0.717, 1.165) is 0 Å². The smallest absolute Gasteiger partial charge is 0.327 e. The van der Waals surface area contributed by atoms with Gasteiger partial charge in [0.05, 0.1) is 13.1 Å². The highest BCUT2D eigenvalue weighted by atomic mass is 35.5. The Morgan fingerprint density at radius 3 is 1.45 bits per heavy atom. The second-order valence-corrected chi connectivity index (χ2v) is 1.25. The van der Waals surface area contributed by atoms with Crippen LogP contribution in [0.5, 0.6) is 0 Å². The molecule has 0 saturated carbocycles. The Morgan fingerprint density at radius 1 is 1.00 bits per heavy atom. The fourth-order valence-electron chi connectivity index (χ4n) is 0.210. The number of halogens is 2.